The smallest absolute Gasteiger partial charge is 0.237 e. The second-order valence-corrected chi connectivity index (χ2v) is 4.26. The molecule has 92 valence electrons. The molecule has 0 bridgehead atoms. The van der Waals surface area contributed by atoms with E-state index in [0.717, 1.165) is 11.1 Å². The number of carbonyl (C=O) groups is 2. The number of allylic oxidation sites excluding steroid dienone is 3. The predicted molar refractivity (Wildman–Crippen MR) is 69.0 cm³/mol. The van der Waals surface area contributed by atoms with E-state index in [0.29, 0.717) is 0 Å². The fourth-order valence-corrected chi connectivity index (χ4v) is 1.97. The van der Waals surface area contributed by atoms with Crippen molar-refractivity contribution in [2.75, 3.05) is 0 Å². The van der Waals surface area contributed by atoms with Gasteiger partial charge in [0, 0.05) is 0 Å². The molecular weight excluding hydrogens is 228 g/mol. The van der Waals surface area contributed by atoms with Crippen molar-refractivity contribution in [3.8, 4) is 0 Å². The molecule has 4 N–H and O–H groups in total. The van der Waals surface area contributed by atoms with E-state index in [-0.39, 0.29) is 6.42 Å². The van der Waals surface area contributed by atoms with Crippen molar-refractivity contribution in [1.82, 2.24) is 0 Å². The number of primary amides is 2. The number of rotatable bonds is 3. The summed E-state index contributed by atoms with van der Waals surface area (Å²) >= 11 is 0. The van der Waals surface area contributed by atoms with Crippen molar-refractivity contribution in [2.45, 2.75) is 6.42 Å². The summed E-state index contributed by atoms with van der Waals surface area (Å²) in [6, 6.07) is 9.69. The fraction of sp³-hybridized carbons (Fsp3) is 0.143. The van der Waals surface area contributed by atoms with Gasteiger partial charge in [0.05, 0.1) is 0 Å². The van der Waals surface area contributed by atoms with Crippen LogP contribution in [0.1, 0.15) is 12.0 Å². The molecule has 0 atom stereocenters. The van der Waals surface area contributed by atoms with Gasteiger partial charge < -0.3 is 11.5 Å². The minimum Gasteiger partial charge on any atom is -0.368 e. The molecular formula is C14H14N2O2. The Kier molecular flexibility index (Phi) is 3.02. The molecule has 2 amide bonds. The van der Waals surface area contributed by atoms with E-state index in [1.807, 2.05) is 36.4 Å². The fourth-order valence-electron chi connectivity index (χ4n) is 1.97. The Morgan fingerprint density at radius 1 is 1.06 bits per heavy atom. The third kappa shape index (κ3) is 1.93. The molecule has 0 radical (unpaired) electrons. The highest BCUT2D eigenvalue weighted by molar-refractivity contribution is 6.07. The molecule has 0 unspecified atom stereocenters. The van der Waals surface area contributed by atoms with Crippen LogP contribution in [0.25, 0.3) is 5.57 Å². The topological polar surface area (TPSA) is 86.2 Å². The molecule has 2 rings (SSSR count). The van der Waals surface area contributed by atoms with Crippen molar-refractivity contribution in [1.29, 1.82) is 0 Å². The Balaban J connectivity index is 2.31. The van der Waals surface area contributed by atoms with E-state index in [4.69, 9.17) is 11.5 Å². The normalized spacial score (nSPS) is 17.0. The van der Waals surface area contributed by atoms with Crippen molar-refractivity contribution >= 4 is 17.4 Å². The first kappa shape index (κ1) is 12.1. The van der Waals surface area contributed by atoms with Crippen LogP contribution in [-0.4, -0.2) is 11.8 Å². The highest BCUT2D eigenvalue weighted by Gasteiger charge is 2.40. The molecule has 0 spiro atoms. The molecule has 0 saturated carbocycles. The van der Waals surface area contributed by atoms with Gasteiger partial charge in [-0.2, -0.15) is 0 Å². The van der Waals surface area contributed by atoms with Crippen LogP contribution in [0.3, 0.4) is 0 Å². The number of amides is 2. The lowest BCUT2D eigenvalue weighted by atomic mass is 9.78. The lowest BCUT2D eigenvalue weighted by Gasteiger charge is -2.25. The highest BCUT2D eigenvalue weighted by Crippen LogP contribution is 2.32. The summed E-state index contributed by atoms with van der Waals surface area (Å²) in [5, 5.41) is 0. The van der Waals surface area contributed by atoms with E-state index in [1.165, 1.54) is 6.08 Å². The van der Waals surface area contributed by atoms with Crippen LogP contribution in [0, 0.1) is 5.41 Å². The van der Waals surface area contributed by atoms with E-state index in [2.05, 4.69) is 0 Å². The van der Waals surface area contributed by atoms with Crippen LogP contribution in [-0.2, 0) is 9.59 Å². The SMILES string of the molecule is NC(=O)C1(C(N)=O)C=CC(c2ccccc2)=CC1. The molecule has 0 aliphatic heterocycles. The van der Waals surface area contributed by atoms with E-state index >= 15 is 0 Å². The van der Waals surface area contributed by atoms with Crippen LogP contribution in [0.4, 0.5) is 0 Å². The Hall–Kier alpha value is -2.36. The zero-order chi connectivity index (χ0) is 13.2. The summed E-state index contributed by atoms with van der Waals surface area (Å²) in [5.41, 5.74) is 11.1. The standard InChI is InChI=1S/C14H14N2O2/c15-12(17)14(13(16)18)8-6-11(7-9-14)10-4-2-1-3-5-10/h1-8H,9H2,(H2,15,17)(H2,16,18). The molecule has 1 aromatic rings. The first-order valence-corrected chi connectivity index (χ1v) is 5.61. The maximum Gasteiger partial charge on any atom is 0.237 e. The average molecular weight is 242 g/mol. The van der Waals surface area contributed by atoms with Gasteiger partial charge in [-0.1, -0.05) is 48.6 Å². The zero-order valence-corrected chi connectivity index (χ0v) is 9.80. The number of benzene rings is 1. The Bertz CT molecular complexity index is 530. The third-order valence-electron chi connectivity index (χ3n) is 3.18. The molecule has 0 aromatic heterocycles. The maximum atomic E-state index is 11.4. The third-order valence-corrected chi connectivity index (χ3v) is 3.18. The van der Waals surface area contributed by atoms with Gasteiger partial charge in [0.15, 0.2) is 0 Å². The van der Waals surface area contributed by atoms with Crippen molar-refractivity contribution in [3.63, 3.8) is 0 Å². The van der Waals surface area contributed by atoms with Crippen molar-refractivity contribution in [2.24, 2.45) is 16.9 Å². The summed E-state index contributed by atoms with van der Waals surface area (Å²) in [5.74, 6) is -1.43. The largest absolute Gasteiger partial charge is 0.368 e. The predicted octanol–water partition coefficient (Wildman–Crippen LogP) is 0.987. The minimum atomic E-state index is -1.39. The molecule has 1 aromatic carbocycles. The Morgan fingerprint density at radius 2 is 1.67 bits per heavy atom. The van der Waals surface area contributed by atoms with Crippen LogP contribution in [0.15, 0.2) is 48.6 Å². The van der Waals surface area contributed by atoms with Crippen LogP contribution >= 0.6 is 0 Å². The van der Waals surface area contributed by atoms with Gasteiger partial charge >= 0.3 is 0 Å². The maximum absolute atomic E-state index is 11.4. The van der Waals surface area contributed by atoms with Crippen LogP contribution < -0.4 is 11.5 Å². The molecule has 0 saturated heterocycles. The van der Waals surface area contributed by atoms with E-state index < -0.39 is 17.2 Å². The average Bonchev–Trinajstić information content (AvgIpc) is 2.39. The Morgan fingerprint density at radius 3 is 2.11 bits per heavy atom. The van der Waals surface area contributed by atoms with Crippen LogP contribution in [0.2, 0.25) is 0 Å². The number of nitrogens with two attached hydrogens (primary N) is 2. The molecule has 4 nitrogen and oxygen atoms in total. The second-order valence-electron chi connectivity index (χ2n) is 4.26. The molecule has 18 heavy (non-hydrogen) atoms. The first-order chi connectivity index (χ1) is 8.56. The number of hydrogen-bond donors (Lipinski definition) is 2. The number of carbonyl (C=O) groups excluding carboxylic acids is 2. The lowest BCUT2D eigenvalue weighted by Crippen LogP contribution is -2.46. The molecule has 0 heterocycles. The van der Waals surface area contributed by atoms with Gasteiger partial charge in [-0.25, -0.2) is 0 Å². The van der Waals surface area contributed by atoms with E-state index in [9.17, 15) is 9.59 Å². The van der Waals surface area contributed by atoms with Gasteiger partial charge in [-0.3, -0.25) is 9.59 Å². The summed E-state index contributed by atoms with van der Waals surface area (Å²) in [7, 11) is 0. The molecule has 0 fully saturated rings. The monoisotopic (exact) mass is 242 g/mol. The second kappa shape index (κ2) is 4.49. The molecule has 4 heteroatoms. The highest BCUT2D eigenvalue weighted by atomic mass is 16.2. The van der Waals surface area contributed by atoms with Gasteiger partial charge in [0.1, 0.15) is 5.41 Å². The summed E-state index contributed by atoms with van der Waals surface area (Å²) in [6.07, 6.45) is 5.23. The quantitative estimate of drug-likeness (QED) is 0.774. The Labute approximate surface area is 105 Å². The minimum absolute atomic E-state index is 0.207. The van der Waals surface area contributed by atoms with Crippen molar-refractivity contribution < 1.29 is 9.59 Å². The first-order valence-electron chi connectivity index (χ1n) is 5.61. The summed E-state index contributed by atoms with van der Waals surface area (Å²) < 4.78 is 0. The summed E-state index contributed by atoms with van der Waals surface area (Å²) in [6.45, 7) is 0. The molecule has 1 aliphatic carbocycles. The van der Waals surface area contributed by atoms with Gasteiger partial charge in [0.25, 0.3) is 0 Å². The summed E-state index contributed by atoms with van der Waals surface area (Å²) in [4.78, 5) is 22.8. The van der Waals surface area contributed by atoms with Crippen molar-refractivity contribution in [3.05, 3.63) is 54.1 Å². The lowest BCUT2D eigenvalue weighted by molar-refractivity contribution is -0.136. The van der Waals surface area contributed by atoms with E-state index in [1.54, 1.807) is 6.08 Å². The van der Waals surface area contributed by atoms with Gasteiger partial charge in [-0.05, 0) is 17.6 Å². The number of hydrogen-bond acceptors (Lipinski definition) is 2. The van der Waals surface area contributed by atoms with Gasteiger partial charge in [0.2, 0.25) is 11.8 Å². The zero-order valence-electron chi connectivity index (χ0n) is 9.80. The van der Waals surface area contributed by atoms with Gasteiger partial charge in [-0.15, -0.1) is 0 Å². The molecule has 1 aliphatic rings. The van der Waals surface area contributed by atoms with Crippen LogP contribution in [0.5, 0.6) is 0 Å².